The number of aromatic nitrogens is 2. The number of halogens is 1. The van der Waals surface area contributed by atoms with Crippen molar-refractivity contribution in [3.63, 3.8) is 0 Å². The molecule has 1 unspecified atom stereocenters. The van der Waals surface area contributed by atoms with Gasteiger partial charge in [-0.05, 0) is 44.0 Å². The summed E-state index contributed by atoms with van der Waals surface area (Å²) in [7, 11) is -2.02. The third-order valence-corrected chi connectivity index (χ3v) is 6.34. The van der Waals surface area contributed by atoms with Gasteiger partial charge in [-0.2, -0.15) is 9.40 Å². The summed E-state index contributed by atoms with van der Waals surface area (Å²) in [5.74, 6) is -0.599. The van der Waals surface area contributed by atoms with E-state index in [2.05, 4.69) is 10.4 Å². The number of benzene rings is 1. The number of aryl methyl sites for hydroxylation is 2. The van der Waals surface area contributed by atoms with E-state index in [4.69, 9.17) is 0 Å². The van der Waals surface area contributed by atoms with Gasteiger partial charge in [0.15, 0.2) is 0 Å². The van der Waals surface area contributed by atoms with Crippen molar-refractivity contribution in [3.8, 4) is 0 Å². The van der Waals surface area contributed by atoms with Crippen LogP contribution in [-0.4, -0.2) is 41.5 Å². The standard InChI is InChI=1S/C17H21FN4O3S/c1-12-10-16(21(2)20-12)19-17(23)13-4-3-9-22(11-13)26(24,25)15-7-5-14(18)6-8-15/h5-8,10,13H,3-4,9,11H2,1-2H3,(H,19,23). The van der Waals surface area contributed by atoms with E-state index in [1.165, 1.54) is 16.4 Å². The lowest BCUT2D eigenvalue weighted by atomic mass is 9.99. The number of carbonyl (C=O) groups is 1. The molecule has 26 heavy (non-hydrogen) atoms. The van der Waals surface area contributed by atoms with Crippen molar-refractivity contribution in [1.82, 2.24) is 14.1 Å². The van der Waals surface area contributed by atoms with Crippen molar-refractivity contribution in [1.29, 1.82) is 0 Å². The predicted octanol–water partition coefficient (Wildman–Crippen LogP) is 1.91. The maximum atomic E-state index is 13.1. The van der Waals surface area contributed by atoms with Gasteiger partial charge in [-0.3, -0.25) is 9.48 Å². The molecule has 1 fully saturated rings. The zero-order chi connectivity index (χ0) is 18.9. The molecule has 2 aromatic rings. The van der Waals surface area contributed by atoms with Gasteiger partial charge in [0.2, 0.25) is 15.9 Å². The monoisotopic (exact) mass is 380 g/mol. The van der Waals surface area contributed by atoms with Gasteiger partial charge in [0.05, 0.1) is 16.5 Å². The van der Waals surface area contributed by atoms with E-state index in [0.717, 1.165) is 17.8 Å². The summed E-state index contributed by atoms with van der Waals surface area (Å²) in [5, 5.41) is 6.99. The highest BCUT2D eigenvalue weighted by molar-refractivity contribution is 7.89. The van der Waals surface area contributed by atoms with Crippen molar-refractivity contribution in [2.24, 2.45) is 13.0 Å². The molecule has 1 atom stereocenters. The second-order valence-corrected chi connectivity index (χ2v) is 8.38. The molecule has 1 saturated heterocycles. The Bertz CT molecular complexity index is 909. The zero-order valence-electron chi connectivity index (χ0n) is 14.6. The Balaban J connectivity index is 1.73. The third-order valence-electron chi connectivity index (χ3n) is 4.46. The number of rotatable bonds is 4. The van der Waals surface area contributed by atoms with E-state index >= 15 is 0 Å². The highest BCUT2D eigenvalue weighted by atomic mass is 32.2. The van der Waals surface area contributed by atoms with Crippen LogP contribution >= 0.6 is 0 Å². The van der Waals surface area contributed by atoms with Crippen LogP contribution in [0.2, 0.25) is 0 Å². The van der Waals surface area contributed by atoms with Crippen LogP contribution in [-0.2, 0) is 21.9 Å². The maximum absolute atomic E-state index is 13.1. The Hall–Kier alpha value is -2.26. The van der Waals surface area contributed by atoms with Crippen molar-refractivity contribution < 1.29 is 17.6 Å². The summed E-state index contributed by atoms with van der Waals surface area (Å²) < 4.78 is 41.4. The molecule has 140 valence electrons. The van der Waals surface area contributed by atoms with E-state index in [0.29, 0.717) is 25.2 Å². The van der Waals surface area contributed by atoms with Crippen molar-refractivity contribution in [3.05, 3.63) is 41.8 Å². The number of hydrogen-bond acceptors (Lipinski definition) is 4. The van der Waals surface area contributed by atoms with E-state index in [1.54, 1.807) is 17.8 Å². The molecule has 1 aromatic carbocycles. The first kappa shape index (κ1) is 18.5. The first-order chi connectivity index (χ1) is 12.3. The second kappa shape index (κ2) is 7.16. The van der Waals surface area contributed by atoms with Crippen molar-refractivity contribution in [2.45, 2.75) is 24.7 Å². The van der Waals surface area contributed by atoms with E-state index in [9.17, 15) is 17.6 Å². The molecule has 1 aliphatic rings. The summed E-state index contributed by atoms with van der Waals surface area (Å²) in [6, 6.07) is 6.48. The minimum Gasteiger partial charge on any atom is -0.311 e. The molecule has 0 bridgehead atoms. The first-order valence-corrected chi connectivity index (χ1v) is 9.78. The summed E-state index contributed by atoms with van der Waals surface area (Å²) in [5.41, 5.74) is 0.784. The third kappa shape index (κ3) is 3.78. The molecule has 0 radical (unpaired) electrons. The Labute approximate surface area is 151 Å². The molecule has 1 aliphatic heterocycles. The van der Waals surface area contributed by atoms with Crippen molar-refractivity contribution in [2.75, 3.05) is 18.4 Å². The molecule has 1 N–H and O–H groups in total. The van der Waals surface area contributed by atoms with Crippen LogP contribution in [0.4, 0.5) is 10.2 Å². The van der Waals surface area contributed by atoms with Gasteiger partial charge in [0, 0.05) is 26.2 Å². The molecule has 7 nitrogen and oxygen atoms in total. The fraction of sp³-hybridized carbons (Fsp3) is 0.412. The van der Waals surface area contributed by atoms with E-state index < -0.39 is 21.8 Å². The Morgan fingerprint density at radius 3 is 2.62 bits per heavy atom. The lowest BCUT2D eigenvalue weighted by Crippen LogP contribution is -2.43. The van der Waals surface area contributed by atoms with Gasteiger partial charge in [-0.15, -0.1) is 0 Å². The lowest BCUT2D eigenvalue weighted by molar-refractivity contribution is -0.120. The second-order valence-electron chi connectivity index (χ2n) is 6.44. The Kier molecular flexibility index (Phi) is 5.10. The number of piperidine rings is 1. The molecule has 1 aromatic heterocycles. The largest absolute Gasteiger partial charge is 0.311 e. The van der Waals surface area contributed by atoms with Gasteiger partial charge in [0.25, 0.3) is 0 Å². The minimum atomic E-state index is -3.75. The predicted molar refractivity (Wildman–Crippen MR) is 94.5 cm³/mol. The number of sulfonamides is 1. The molecule has 0 aliphatic carbocycles. The van der Waals surface area contributed by atoms with E-state index in [1.807, 2.05) is 6.92 Å². The van der Waals surface area contributed by atoms with Gasteiger partial charge in [-0.25, -0.2) is 12.8 Å². The number of amides is 1. The van der Waals surface area contributed by atoms with Crippen LogP contribution in [0, 0.1) is 18.7 Å². The smallest absolute Gasteiger partial charge is 0.243 e. The average Bonchev–Trinajstić information content (AvgIpc) is 2.92. The summed E-state index contributed by atoms with van der Waals surface area (Å²) in [4.78, 5) is 12.6. The van der Waals surface area contributed by atoms with Gasteiger partial charge >= 0.3 is 0 Å². The van der Waals surface area contributed by atoms with Gasteiger partial charge in [-0.1, -0.05) is 0 Å². The van der Waals surface area contributed by atoms with Crippen LogP contribution in [0.3, 0.4) is 0 Å². The normalized spacial score (nSPS) is 18.7. The summed E-state index contributed by atoms with van der Waals surface area (Å²) >= 11 is 0. The van der Waals surface area contributed by atoms with Crippen LogP contribution in [0.1, 0.15) is 18.5 Å². The van der Waals surface area contributed by atoms with Crippen LogP contribution < -0.4 is 5.32 Å². The fourth-order valence-corrected chi connectivity index (χ4v) is 4.61. The van der Waals surface area contributed by atoms with Gasteiger partial charge < -0.3 is 5.32 Å². The van der Waals surface area contributed by atoms with Gasteiger partial charge in [0.1, 0.15) is 11.6 Å². The topological polar surface area (TPSA) is 84.3 Å². The zero-order valence-corrected chi connectivity index (χ0v) is 15.5. The number of anilines is 1. The first-order valence-electron chi connectivity index (χ1n) is 8.34. The van der Waals surface area contributed by atoms with Crippen LogP contribution in [0.15, 0.2) is 35.2 Å². The lowest BCUT2D eigenvalue weighted by Gasteiger charge is -2.31. The van der Waals surface area contributed by atoms with Crippen molar-refractivity contribution >= 4 is 21.7 Å². The highest BCUT2D eigenvalue weighted by Crippen LogP contribution is 2.25. The molecule has 3 rings (SSSR count). The van der Waals surface area contributed by atoms with Crippen LogP contribution in [0.5, 0.6) is 0 Å². The molecule has 0 spiro atoms. The molecule has 1 amide bonds. The summed E-state index contributed by atoms with van der Waals surface area (Å²) in [6.45, 7) is 2.27. The quantitative estimate of drug-likeness (QED) is 0.878. The van der Waals surface area contributed by atoms with Crippen LogP contribution in [0.25, 0.3) is 0 Å². The molecule has 0 saturated carbocycles. The molecule has 2 heterocycles. The number of carbonyl (C=O) groups excluding carboxylic acids is 1. The number of nitrogens with zero attached hydrogens (tertiary/aromatic N) is 3. The average molecular weight is 380 g/mol. The molecule has 9 heteroatoms. The Morgan fingerprint density at radius 2 is 2.00 bits per heavy atom. The summed E-state index contributed by atoms with van der Waals surface area (Å²) in [6.07, 6.45) is 1.20. The fourth-order valence-electron chi connectivity index (χ4n) is 3.09. The SMILES string of the molecule is Cc1cc(NC(=O)C2CCCN(S(=O)(=O)c3ccc(F)cc3)C2)n(C)n1. The maximum Gasteiger partial charge on any atom is 0.243 e. The Morgan fingerprint density at radius 1 is 1.31 bits per heavy atom. The molecular formula is C17H21FN4O3S. The minimum absolute atomic E-state index is 0.0298. The highest BCUT2D eigenvalue weighted by Gasteiger charge is 2.33. The molecular weight excluding hydrogens is 359 g/mol. The van der Waals surface area contributed by atoms with E-state index in [-0.39, 0.29) is 17.3 Å². The number of hydrogen-bond donors (Lipinski definition) is 1. The number of nitrogens with one attached hydrogen (secondary N) is 1.